The van der Waals surface area contributed by atoms with Gasteiger partial charge in [-0.05, 0) is 49.3 Å². The number of carbonyl (C=O) groups is 1. The van der Waals surface area contributed by atoms with Crippen LogP contribution in [-0.2, 0) is 11.3 Å². The van der Waals surface area contributed by atoms with Crippen LogP contribution in [0, 0.1) is 5.92 Å². The summed E-state index contributed by atoms with van der Waals surface area (Å²) in [7, 11) is 3.55. The zero-order valence-corrected chi connectivity index (χ0v) is 18.0. The number of aromatic nitrogens is 1. The maximum Gasteiger partial charge on any atom is 0.220 e. The molecule has 0 radical (unpaired) electrons. The van der Waals surface area contributed by atoms with E-state index in [4.69, 9.17) is 0 Å². The van der Waals surface area contributed by atoms with Crippen molar-refractivity contribution in [3.8, 4) is 0 Å². The Labute approximate surface area is 175 Å². The van der Waals surface area contributed by atoms with E-state index in [0.29, 0.717) is 12.3 Å². The van der Waals surface area contributed by atoms with Gasteiger partial charge in [-0.1, -0.05) is 12.8 Å². The Balaban J connectivity index is 1.51. The first-order valence-electron chi connectivity index (χ1n) is 11.1. The third kappa shape index (κ3) is 6.34. The lowest BCUT2D eigenvalue weighted by Crippen LogP contribution is -2.45. The molecule has 1 aromatic rings. The van der Waals surface area contributed by atoms with E-state index in [0.717, 1.165) is 57.3 Å². The molecule has 0 unspecified atom stereocenters. The summed E-state index contributed by atoms with van der Waals surface area (Å²) in [6, 6.07) is 4.29. The average molecular weight is 401 g/mol. The Morgan fingerprint density at radius 3 is 2.55 bits per heavy atom. The second-order valence-electron chi connectivity index (χ2n) is 8.13. The normalized spacial score (nSPS) is 19.0. The second kappa shape index (κ2) is 11.0. The third-order valence-electron chi connectivity index (χ3n) is 6.07. The summed E-state index contributed by atoms with van der Waals surface area (Å²) in [4.78, 5) is 25.4. The number of anilines is 1. The Morgan fingerprint density at radius 2 is 1.90 bits per heavy atom. The van der Waals surface area contributed by atoms with Crippen LogP contribution < -0.4 is 15.5 Å². The number of nitrogens with zero attached hydrogens (tertiary/aromatic N) is 4. The molecule has 29 heavy (non-hydrogen) atoms. The van der Waals surface area contributed by atoms with Crippen LogP contribution >= 0.6 is 0 Å². The summed E-state index contributed by atoms with van der Waals surface area (Å²) in [5.41, 5.74) is 1.23. The van der Waals surface area contributed by atoms with Gasteiger partial charge in [0.15, 0.2) is 5.96 Å². The number of rotatable bonds is 5. The Bertz CT molecular complexity index is 676. The van der Waals surface area contributed by atoms with E-state index in [2.05, 4.69) is 42.5 Å². The standard InChI is InChI=1S/C22H36N6O/c1-23-21(29)16-18-8-13-28(14-9-18)22(24-2)26-17-19-7-10-25-20(15-19)27-11-5-3-4-6-12-27/h7,10,15,18H,3-6,8-9,11-14,16-17H2,1-2H3,(H,23,29)(H,24,26). The Morgan fingerprint density at radius 1 is 1.17 bits per heavy atom. The van der Waals surface area contributed by atoms with Crippen molar-refractivity contribution in [3.05, 3.63) is 23.9 Å². The smallest absolute Gasteiger partial charge is 0.220 e. The van der Waals surface area contributed by atoms with Crippen molar-refractivity contribution in [2.24, 2.45) is 10.9 Å². The summed E-state index contributed by atoms with van der Waals surface area (Å²) in [6.45, 7) is 4.84. The van der Waals surface area contributed by atoms with Gasteiger partial charge in [-0.3, -0.25) is 9.79 Å². The molecule has 2 aliphatic rings. The minimum atomic E-state index is 0.142. The first kappa shape index (κ1) is 21.4. The van der Waals surface area contributed by atoms with Crippen molar-refractivity contribution in [3.63, 3.8) is 0 Å². The minimum absolute atomic E-state index is 0.142. The van der Waals surface area contributed by atoms with E-state index >= 15 is 0 Å². The molecule has 2 fully saturated rings. The Hall–Kier alpha value is -2.31. The van der Waals surface area contributed by atoms with Crippen LogP contribution in [0.4, 0.5) is 5.82 Å². The number of piperidine rings is 1. The summed E-state index contributed by atoms with van der Waals surface area (Å²) < 4.78 is 0. The van der Waals surface area contributed by atoms with Gasteiger partial charge in [0.05, 0.1) is 0 Å². The van der Waals surface area contributed by atoms with E-state index in [9.17, 15) is 4.79 Å². The quantitative estimate of drug-likeness (QED) is 0.586. The van der Waals surface area contributed by atoms with Gasteiger partial charge in [-0.25, -0.2) is 4.98 Å². The van der Waals surface area contributed by atoms with Crippen LogP contribution in [0.1, 0.15) is 50.5 Å². The first-order chi connectivity index (χ1) is 14.2. The van der Waals surface area contributed by atoms with Gasteiger partial charge in [0, 0.05) is 59.4 Å². The molecule has 2 aliphatic heterocycles. The number of amides is 1. The average Bonchev–Trinajstić information content (AvgIpc) is 3.05. The summed E-state index contributed by atoms with van der Waals surface area (Å²) in [5.74, 6) is 2.65. The highest BCUT2D eigenvalue weighted by atomic mass is 16.1. The molecular weight excluding hydrogens is 364 g/mol. The molecule has 2 saturated heterocycles. The first-order valence-corrected chi connectivity index (χ1v) is 11.1. The maximum atomic E-state index is 11.6. The van der Waals surface area contributed by atoms with E-state index in [1.165, 1.54) is 31.2 Å². The number of nitrogens with one attached hydrogen (secondary N) is 2. The highest BCUT2D eigenvalue weighted by molar-refractivity contribution is 5.80. The lowest BCUT2D eigenvalue weighted by molar-refractivity contribution is -0.121. The van der Waals surface area contributed by atoms with Crippen molar-refractivity contribution in [1.29, 1.82) is 0 Å². The molecule has 2 N–H and O–H groups in total. The van der Waals surface area contributed by atoms with Gasteiger partial charge in [0.1, 0.15) is 5.82 Å². The van der Waals surface area contributed by atoms with Crippen molar-refractivity contribution in [2.45, 2.75) is 51.5 Å². The molecule has 0 aromatic carbocycles. The number of guanidine groups is 1. The number of pyridine rings is 1. The van der Waals surface area contributed by atoms with E-state index in [1.54, 1.807) is 7.05 Å². The topological polar surface area (TPSA) is 72.9 Å². The fourth-order valence-electron chi connectivity index (χ4n) is 4.27. The van der Waals surface area contributed by atoms with Crippen LogP contribution in [-0.4, -0.2) is 62.0 Å². The van der Waals surface area contributed by atoms with Crippen molar-refractivity contribution in [2.75, 3.05) is 45.2 Å². The molecule has 3 rings (SSSR count). The number of hydrogen-bond acceptors (Lipinski definition) is 4. The van der Waals surface area contributed by atoms with Gasteiger partial charge < -0.3 is 20.4 Å². The molecule has 3 heterocycles. The lowest BCUT2D eigenvalue weighted by Gasteiger charge is -2.34. The summed E-state index contributed by atoms with van der Waals surface area (Å²) >= 11 is 0. The van der Waals surface area contributed by atoms with Crippen LogP contribution in [0.15, 0.2) is 23.3 Å². The molecule has 160 valence electrons. The number of aliphatic imine (C=N–C) groups is 1. The number of carbonyl (C=O) groups excluding carboxylic acids is 1. The van der Waals surface area contributed by atoms with Gasteiger partial charge in [-0.15, -0.1) is 0 Å². The molecule has 1 aromatic heterocycles. The van der Waals surface area contributed by atoms with Crippen molar-refractivity contribution >= 4 is 17.7 Å². The SMILES string of the molecule is CN=C(NCc1ccnc(N2CCCCCC2)c1)N1CCC(CC(=O)NC)CC1. The van der Waals surface area contributed by atoms with Gasteiger partial charge in [0.2, 0.25) is 5.91 Å². The van der Waals surface area contributed by atoms with Crippen LogP contribution in [0.2, 0.25) is 0 Å². The van der Waals surface area contributed by atoms with E-state index in [1.807, 2.05) is 13.2 Å². The molecule has 0 saturated carbocycles. The predicted molar refractivity (Wildman–Crippen MR) is 118 cm³/mol. The molecule has 7 nitrogen and oxygen atoms in total. The molecule has 0 atom stereocenters. The zero-order valence-electron chi connectivity index (χ0n) is 18.0. The second-order valence-corrected chi connectivity index (χ2v) is 8.13. The summed E-state index contributed by atoms with van der Waals surface area (Å²) in [5, 5.41) is 6.25. The molecule has 0 aliphatic carbocycles. The van der Waals surface area contributed by atoms with E-state index < -0.39 is 0 Å². The molecule has 7 heteroatoms. The number of likely N-dealkylation sites (tertiary alicyclic amines) is 1. The van der Waals surface area contributed by atoms with Gasteiger partial charge in [0.25, 0.3) is 0 Å². The molecular formula is C22H36N6O. The van der Waals surface area contributed by atoms with Crippen molar-refractivity contribution < 1.29 is 4.79 Å². The third-order valence-corrected chi connectivity index (χ3v) is 6.07. The highest BCUT2D eigenvalue weighted by Crippen LogP contribution is 2.21. The van der Waals surface area contributed by atoms with Crippen LogP contribution in [0.3, 0.4) is 0 Å². The molecule has 0 spiro atoms. The fraction of sp³-hybridized carbons (Fsp3) is 0.682. The predicted octanol–water partition coefficient (Wildman–Crippen LogP) is 2.39. The van der Waals surface area contributed by atoms with Crippen LogP contribution in [0.5, 0.6) is 0 Å². The van der Waals surface area contributed by atoms with Crippen molar-refractivity contribution in [1.82, 2.24) is 20.5 Å². The number of hydrogen-bond donors (Lipinski definition) is 2. The fourth-order valence-corrected chi connectivity index (χ4v) is 4.27. The highest BCUT2D eigenvalue weighted by Gasteiger charge is 2.23. The monoisotopic (exact) mass is 400 g/mol. The van der Waals surface area contributed by atoms with Gasteiger partial charge >= 0.3 is 0 Å². The van der Waals surface area contributed by atoms with Crippen LogP contribution in [0.25, 0.3) is 0 Å². The lowest BCUT2D eigenvalue weighted by atomic mass is 9.93. The maximum absolute atomic E-state index is 11.6. The Kier molecular flexibility index (Phi) is 8.14. The largest absolute Gasteiger partial charge is 0.359 e. The molecule has 1 amide bonds. The van der Waals surface area contributed by atoms with Gasteiger partial charge in [-0.2, -0.15) is 0 Å². The zero-order chi connectivity index (χ0) is 20.5. The molecule has 0 bridgehead atoms. The van der Waals surface area contributed by atoms with E-state index in [-0.39, 0.29) is 5.91 Å². The minimum Gasteiger partial charge on any atom is -0.359 e. The summed E-state index contributed by atoms with van der Waals surface area (Å²) in [6.07, 6.45) is 9.78.